The molecule has 1 rings (SSSR count). The molecule has 0 radical (unpaired) electrons. The number of nitrogens with zero attached hydrogens (tertiary/aromatic N) is 3. The third-order valence-corrected chi connectivity index (χ3v) is 4.55. The largest absolute Gasteiger partial charge is 0.357 e. The van der Waals surface area contributed by atoms with Crippen LogP contribution in [0.2, 0.25) is 0 Å². The zero-order valence-electron chi connectivity index (χ0n) is 15.2. The van der Waals surface area contributed by atoms with Crippen LogP contribution in [-0.4, -0.2) is 55.1 Å². The molecular weight excluding hydrogens is 306 g/mol. The quantitative estimate of drug-likeness (QED) is 0.370. The van der Waals surface area contributed by atoms with Crippen molar-refractivity contribution in [1.82, 2.24) is 20.5 Å². The van der Waals surface area contributed by atoms with Gasteiger partial charge in [0.05, 0.1) is 10.7 Å². The second-order valence-electron chi connectivity index (χ2n) is 5.53. The molecule has 1 aromatic heterocycles. The van der Waals surface area contributed by atoms with Gasteiger partial charge in [0, 0.05) is 31.4 Å². The van der Waals surface area contributed by atoms with Crippen LogP contribution < -0.4 is 10.6 Å². The van der Waals surface area contributed by atoms with Crippen molar-refractivity contribution in [1.29, 1.82) is 0 Å². The minimum Gasteiger partial charge on any atom is -0.357 e. The molecule has 0 aliphatic carbocycles. The number of nitrogens with one attached hydrogen (secondary N) is 2. The lowest BCUT2D eigenvalue weighted by molar-refractivity contribution is 0.297. The summed E-state index contributed by atoms with van der Waals surface area (Å²) in [5.74, 6) is 0.919. The van der Waals surface area contributed by atoms with Crippen molar-refractivity contribution < 1.29 is 0 Å². The molecule has 1 heterocycles. The van der Waals surface area contributed by atoms with Gasteiger partial charge in [0.15, 0.2) is 5.96 Å². The normalized spacial score (nSPS) is 12.0. The fourth-order valence-corrected chi connectivity index (χ4v) is 3.00. The van der Waals surface area contributed by atoms with Gasteiger partial charge in [-0.15, -0.1) is 11.3 Å². The van der Waals surface area contributed by atoms with Crippen molar-refractivity contribution in [2.75, 3.05) is 39.3 Å². The van der Waals surface area contributed by atoms with Crippen LogP contribution >= 0.6 is 11.3 Å². The van der Waals surface area contributed by atoms with E-state index >= 15 is 0 Å². The first-order valence-electron chi connectivity index (χ1n) is 8.85. The van der Waals surface area contributed by atoms with E-state index < -0.39 is 0 Å². The Bertz CT molecular complexity index is 440. The summed E-state index contributed by atoms with van der Waals surface area (Å²) in [4.78, 5) is 11.6. The van der Waals surface area contributed by atoms with Gasteiger partial charge in [-0.1, -0.05) is 13.8 Å². The molecule has 0 spiro atoms. The molecule has 0 atom stereocenters. The first kappa shape index (κ1) is 19.9. The van der Waals surface area contributed by atoms with E-state index in [-0.39, 0.29) is 0 Å². The predicted octanol–water partition coefficient (Wildman–Crippen LogP) is 2.67. The van der Waals surface area contributed by atoms with Crippen LogP contribution in [0.3, 0.4) is 0 Å². The van der Waals surface area contributed by atoms with Gasteiger partial charge in [-0.3, -0.25) is 4.99 Å². The maximum atomic E-state index is 4.66. The fourth-order valence-electron chi connectivity index (χ4n) is 2.35. The number of aliphatic imine (C=N–C) groups is 1. The zero-order valence-corrected chi connectivity index (χ0v) is 16.0. The molecule has 0 amide bonds. The van der Waals surface area contributed by atoms with E-state index in [4.69, 9.17) is 0 Å². The summed E-state index contributed by atoms with van der Waals surface area (Å²) in [6.45, 7) is 14.7. The zero-order chi connectivity index (χ0) is 16.9. The monoisotopic (exact) mass is 339 g/mol. The van der Waals surface area contributed by atoms with E-state index in [2.05, 4.69) is 51.7 Å². The first-order valence-corrected chi connectivity index (χ1v) is 9.73. The fraction of sp³-hybridized carbons (Fsp3) is 0.765. The average Bonchev–Trinajstić information content (AvgIpc) is 2.96. The van der Waals surface area contributed by atoms with Crippen LogP contribution in [0.5, 0.6) is 0 Å². The van der Waals surface area contributed by atoms with E-state index in [0.29, 0.717) is 0 Å². The van der Waals surface area contributed by atoms with E-state index in [1.165, 1.54) is 13.0 Å². The Morgan fingerprint density at radius 3 is 2.61 bits per heavy atom. The second kappa shape index (κ2) is 12.3. The summed E-state index contributed by atoms with van der Waals surface area (Å²) in [7, 11) is 0. The standard InChI is InChI=1S/C17H33N5S/c1-5-18-17(19-11-8-9-13-22(6-2)7-3)20-12-10-16-14-23-15(4)21-16/h14H,5-13H2,1-4H3,(H2,18,19,20). The van der Waals surface area contributed by atoms with Crippen molar-refractivity contribution in [3.05, 3.63) is 16.1 Å². The molecule has 2 N–H and O–H groups in total. The summed E-state index contributed by atoms with van der Waals surface area (Å²) in [5, 5.41) is 9.97. The minimum atomic E-state index is 0.869. The highest BCUT2D eigenvalue weighted by Crippen LogP contribution is 2.07. The van der Waals surface area contributed by atoms with Crippen LogP contribution in [0.1, 0.15) is 44.3 Å². The number of thiazole rings is 1. The third-order valence-electron chi connectivity index (χ3n) is 3.73. The lowest BCUT2D eigenvalue weighted by atomic mass is 10.3. The molecule has 5 nitrogen and oxygen atoms in total. The van der Waals surface area contributed by atoms with Gasteiger partial charge in [-0.2, -0.15) is 0 Å². The molecule has 6 heteroatoms. The molecule has 0 unspecified atom stereocenters. The predicted molar refractivity (Wildman–Crippen MR) is 102 cm³/mol. The molecule has 0 saturated carbocycles. The summed E-state index contributed by atoms with van der Waals surface area (Å²) in [6.07, 6.45) is 3.29. The average molecular weight is 340 g/mol. The van der Waals surface area contributed by atoms with Crippen molar-refractivity contribution in [2.24, 2.45) is 4.99 Å². The number of rotatable bonds is 11. The number of aryl methyl sites for hydroxylation is 1. The van der Waals surface area contributed by atoms with E-state index in [9.17, 15) is 0 Å². The Labute approximate surface area is 145 Å². The number of unbranched alkanes of at least 4 members (excludes halogenated alkanes) is 1. The molecule has 0 saturated heterocycles. The molecule has 0 fully saturated rings. The Morgan fingerprint density at radius 2 is 2.00 bits per heavy atom. The molecule has 0 aromatic carbocycles. The van der Waals surface area contributed by atoms with Gasteiger partial charge in [0.2, 0.25) is 0 Å². The molecule has 0 bridgehead atoms. The highest BCUT2D eigenvalue weighted by Gasteiger charge is 2.01. The van der Waals surface area contributed by atoms with Crippen molar-refractivity contribution >= 4 is 17.3 Å². The maximum Gasteiger partial charge on any atom is 0.191 e. The van der Waals surface area contributed by atoms with Crippen LogP contribution in [0.25, 0.3) is 0 Å². The minimum absolute atomic E-state index is 0.869. The summed E-state index contributed by atoms with van der Waals surface area (Å²) >= 11 is 1.71. The smallest absolute Gasteiger partial charge is 0.191 e. The van der Waals surface area contributed by atoms with Gasteiger partial charge in [-0.05, 0) is 46.3 Å². The van der Waals surface area contributed by atoms with Gasteiger partial charge in [0.25, 0.3) is 0 Å². The number of hydrogen-bond donors (Lipinski definition) is 2. The lowest BCUT2D eigenvalue weighted by Gasteiger charge is -2.17. The van der Waals surface area contributed by atoms with Gasteiger partial charge < -0.3 is 15.5 Å². The molecule has 0 aliphatic heterocycles. The third kappa shape index (κ3) is 8.91. The Morgan fingerprint density at radius 1 is 1.22 bits per heavy atom. The van der Waals surface area contributed by atoms with Gasteiger partial charge >= 0.3 is 0 Å². The van der Waals surface area contributed by atoms with Gasteiger partial charge in [-0.25, -0.2) is 4.98 Å². The Kier molecular flexibility index (Phi) is 10.6. The van der Waals surface area contributed by atoms with Crippen LogP contribution in [0, 0.1) is 6.92 Å². The number of hydrogen-bond acceptors (Lipinski definition) is 4. The summed E-state index contributed by atoms with van der Waals surface area (Å²) in [5.41, 5.74) is 1.16. The Hall–Kier alpha value is -1.14. The van der Waals surface area contributed by atoms with Crippen molar-refractivity contribution in [3.8, 4) is 0 Å². The lowest BCUT2D eigenvalue weighted by Crippen LogP contribution is -2.38. The van der Waals surface area contributed by atoms with Crippen molar-refractivity contribution in [3.63, 3.8) is 0 Å². The first-order chi connectivity index (χ1) is 11.2. The van der Waals surface area contributed by atoms with Crippen LogP contribution in [0.15, 0.2) is 10.4 Å². The summed E-state index contributed by atoms with van der Waals surface area (Å²) in [6, 6.07) is 0. The SMILES string of the molecule is CCNC(=NCCCCN(CC)CC)NCCc1csc(C)n1. The highest BCUT2D eigenvalue weighted by atomic mass is 32.1. The van der Waals surface area contributed by atoms with Crippen molar-refractivity contribution in [2.45, 2.75) is 47.0 Å². The summed E-state index contributed by atoms with van der Waals surface area (Å²) < 4.78 is 0. The second-order valence-corrected chi connectivity index (χ2v) is 6.59. The highest BCUT2D eigenvalue weighted by molar-refractivity contribution is 7.09. The topological polar surface area (TPSA) is 52.6 Å². The van der Waals surface area contributed by atoms with E-state index in [0.717, 1.165) is 62.2 Å². The van der Waals surface area contributed by atoms with E-state index in [1.807, 2.05) is 6.92 Å². The Balaban J connectivity index is 2.24. The van der Waals surface area contributed by atoms with Crippen LogP contribution in [0.4, 0.5) is 0 Å². The van der Waals surface area contributed by atoms with E-state index in [1.54, 1.807) is 11.3 Å². The molecule has 1 aromatic rings. The molecular formula is C17H33N5S. The van der Waals surface area contributed by atoms with Crippen LogP contribution in [-0.2, 0) is 6.42 Å². The number of aromatic nitrogens is 1. The number of guanidine groups is 1. The molecule has 0 aliphatic rings. The maximum absolute atomic E-state index is 4.66. The molecule has 132 valence electrons. The molecule has 23 heavy (non-hydrogen) atoms. The van der Waals surface area contributed by atoms with Gasteiger partial charge in [0.1, 0.15) is 0 Å².